The first kappa shape index (κ1) is 16.0. The van der Waals surface area contributed by atoms with Crippen LogP contribution in [-0.4, -0.2) is 38.8 Å². The maximum Gasteiger partial charge on any atom is 0.231 e. The minimum absolute atomic E-state index is 0.193. The zero-order valence-corrected chi connectivity index (χ0v) is 13.4. The van der Waals surface area contributed by atoms with Crippen LogP contribution in [0.5, 0.6) is 11.6 Å². The minimum atomic E-state index is -3.27. The molecule has 0 radical (unpaired) electrons. The van der Waals surface area contributed by atoms with Crippen molar-refractivity contribution in [1.82, 2.24) is 9.97 Å². The Morgan fingerprint density at radius 1 is 1.18 bits per heavy atom. The van der Waals surface area contributed by atoms with Crippen molar-refractivity contribution in [2.24, 2.45) is 0 Å². The van der Waals surface area contributed by atoms with Crippen LogP contribution in [0.3, 0.4) is 0 Å². The Balaban J connectivity index is 2.02. The predicted molar refractivity (Wildman–Crippen MR) is 82.6 cm³/mol. The van der Waals surface area contributed by atoms with E-state index in [9.17, 15) is 8.42 Å². The molecule has 1 heterocycles. The van der Waals surface area contributed by atoms with Crippen LogP contribution in [-0.2, 0) is 16.6 Å². The second-order valence-corrected chi connectivity index (χ2v) is 6.54. The normalized spacial score (nSPS) is 11.0. The number of hydrogen-bond donors (Lipinski definition) is 0. The van der Waals surface area contributed by atoms with Gasteiger partial charge in [-0.1, -0.05) is 0 Å². The summed E-state index contributed by atoms with van der Waals surface area (Å²) in [4.78, 5) is 8.22. The molecule has 0 unspecified atom stereocenters. The lowest BCUT2D eigenvalue weighted by molar-refractivity contribution is 0.292. The highest BCUT2D eigenvalue weighted by Gasteiger charge is 2.11. The molecule has 118 valence electrons. The molecule has 7 nitrogen and oxygen atoms in total. The van der Waals surface area contributed by atoms with Crippen LogP contribution in [0, 0.1) is 0 Å². The zero-order valence-electron chi connectivity index (χ0n) is 12.6. The topological polar surface area (TPSA) is 81.6 Å². The number of sulfonamides is 1. The molecule has 1 aromatic heterocycles. The number of rotatable bonds is 6. The van der Waals surface area contributed by atoms with Crippen molar-refractivity contribution in [3.8, 4) is 11.6 Å². The summed E-state index contributed by atoms with van der Waals surface area (Å²) in [6.07, 6.45) is 2.74. The summed E-state index contributed by atoms with van der Waals surface area (Å²) in [7, 11) is -0.246. The number of ether oxygens (including phenoxy) is 2. The van der Waals surface area contributed by atoms with Gasteiger partial charge in [-0.15, -0.1) is 0 Å². The zero-order chi connectivity index (χ0) is 16.2. The standard InChI is InChI=1S/C14H17N3O4S/c1-17(22(3,18)19)11-4-6-12(7-5-11)21-10-13-15-9-8-14(16-13)20-2/h4-9H,10H2,1-3H3. The van der Waals surface area contributed by atoms with Gasteiger partial charge < -0.3 is 9.47 Å². The number of hydrogen-bond acceptors (Lipinski definition) is 6. The molecule has 2 aromatic rings. The Hall–Kier alpha value is -2.35. The third kappa shape index (κ3) is 4.08. The summed E-state index contributed by atoms with van der Waals surface area (Å²) in [5.74, 6) is 1.56. The molecule has 0 saturated heterocycles. The monoisotopic (exact) mass is 323 g/mol. The summed E-state index contributed by atoms with van der Waals surface area (Å²) in [5.41, 5.74) is 0.562. The maximum absolute atomic E-state index is 11.5. The van der Waals surface area contributed by atoms with Gasteiger partial charge in [0.25, 0.3) is 0 Å². The minimum Gasteiger partial charge on any atom is -0.486 e. The number of aromatic nitrogens is 2. The Labute approximate surface area is 129 Å². The van der Waals surface area contributed by atoms with Crippen LogP contribution < -0.4 is 13.8 Å². The summed E-state index contributed by atoms with van der Waals surface area (Å²) in [6.45, 7) is 0.193. The van der Waals surface area contributed by atoms with Gasteiger partial charge in [0.1, 0.15) is 12.4 Å². The summed E-state index contributed by atoms with van der Waals surface area (Å²) >= 11 is 0. The van der Waals surface area contributed by atoms with E-state index in [1.54, 1.807) is 36.5 Å². The molecule has 8 heteroatoms. The molecule has 0 aliphatic heterocycles. The second-order valence-electron chi connectivity index (χ2n) is 4.53. The third-order valence-corrected chi connectivity index (χ3v) is 4.16. The van der Waals surface area contributed by atoms with Gasteiger partial charge in [0.05, 0.1) is 19.1 Å². The fourth-order valence-corrected chi connectivity index (χ4v) is 2.16. The molecule has 0 atom stereocenters. The first-order valence-electron chi connectivity index (χ1n) is 6.43. The van der Waals surface area contributed by atoms with E-state index < -0.39 is 10.0 Å². The van der Waals surface area contributed by atoms with Crippen molar-refractivity contribution in [2.45, 2.75) is 6.61 Å². The van der Waals surface area contributed by atoms with Gasteiger partial charge in [0.2, 0.25) is 15.9 Å². The lowest BCUT2D eigenvalue weighted by atomic mass is 10.3. The van der Waals surface area contributed by atoms with Gasteiger partial charge in [-0.3, -0.25) is 4.31 Å². The van der Waals surface area contributed by atoms with Crippen LogP contribution in [0.15, 0.2) is 36.5 Å². The largest absolute Gasteiger partial charge is 0.486 e. The van der Waals surface area contributed by atoms with Gasteiger partial charge in [0, 0.05) is 19.3 Å². The van der Waals surface area contributed by atoms with E-state index in [2.05, 4.69) is 9.97 Å². The van der Waals surface area contributed by atoms with Crippen LogP contribution in [0.1, 0.15) is 5.82 Å². The second kappa shape index (κ2) is 6.61. The molecule has 22 heavy (non-hydrogen) atoms. The first-order valence-corrected chi connectivity index (χ1v) is 8.27. The SMILES string of the molecule is COc1ccnc(COc2ccc(N(C)S(C)(=O)=O)cc2)n1. The van der Waals surface area contributed by atoms with E-state index in [0.717, 1.165) is 6.26 Å². The summed E-state index contributed by atoms with van der Waals surface area (Å²) in [6, 6.07) is 8.37. The van der Waals surface area contributed by atoms with Gasteiger partial charge in [-0.2, -0.15) is 4.98 Å². The predicted octanol–water partition coefficient (Wildman–Crippen LogP) is 1.46. The van der Waals surface area contributed by atoms with Crippen molar-refractivity contribution in [3.05, 3.63) is 42.4 Å². The van der Waals surface area contributed by atoms with Gasteiger partial charge >= 0.3 is 0 Å². The molecule has 1 aromatic carbocycles. The van der Waals surface area contributed by atoms with Crippen LogP contribution in [0.4, 0.5) is 5.69 Å². The lowest BCUT2D eigenvalue weighted by Crippen LogP contribution is -2.24. The average molecular weight is 323 g/mol. The Morgan fingerprint density at radius 2 is 1.86 bits per heavy atom. The van der Waals surface area contributed by atoms with Gasteiger partial charge in [-0.05, 0) is 24.3 Å². The molecule has 2 rings (SSSR count). The van der Waals surface area contributed by atoms with Gasteiger partial charge in [0.15, 0.2) is 5.82 Å². The van der Waals surface area contributed by atoms with Crippen molar-refractivity contribution in [1.29, 1.82) is 0 Å². The lowest BCUT2D eigenvalue weighted by Gasteiger charge is -2.16. The Morgan fingerprint density at radius 3 is 2.45 bits per heavy atom. The quantitative estimate of drug-likeness (QED) is 0.800. The van der Waals surface area contributed by atoms with Crippen LogP contribution >= 0.6 is 0 Å². The van der Waals surface area contributed by atoms with Crippen molar-refractivity contribution in [3.63, 3.8) is 0 Å². The molecule has 0 saturated carbocycles. The molecular formula is C14H17N3O4S. The molecule has 0 amide bonds. The molecule has 0 aliphatic rings. The Bertz CT molecular complexity index is 732. The highest BCUT2D eigenvalue weighted by atomic mass is 32.2. The van der Waals surface area contributed by atoms with E-state index >= 15 is 0 Å². The highest BCUT2D eigenvalue weighted by Crippen LogP contribution is 2.20. The molecule has 0 spiro atoms. The van der Waals surface area contributed by atoms with E-state index in [4.69, 9.17) is 9.47 Å². The van der Waals surface area contributed by atoms with Crippen molar-refractivity contribution < 1.29 is 17.9 Å². The van der Waals surface area contributed by atoms with E-state index in [0.29, 0.717) is 23.1 Å². The molecule has 0 aliphatic carbocycles. The summed E-state index contributed by atoms with van der Waals surface area (Å²) in [5, 5.41) is 0. The van der Waals surface area contributed by atoms with Crippen LogP contribution in [0.25, 0.3) is 0 Å². The molecule has 0 bridgehead atoms. The smallest absolute Gasteiger partial charge is 0.231 e. The third-order valence-electron chi connectivity index (χ3n) is 2.95. The van der Waals surface area contributed by atoms with E-state index in [1.165, 1.54) is 18.5 Å². The van der Waals surface area contributed by atoms with Crippen LogP contribution in [0.2, 0.25) is 0 Å². The first-order chi connectivity index (χ1) is 10.4. The maximum atomic E-state index is 11.5. The summed E-state index contributed by atoms with van der Waals surface area (Å²) < 4.78 is 34.7. The number of benzene rings is 1. The Kier molecular flexibility index (Phi) is 4.81. The molecule has 0 fully saturated rings. The van der Waals surface area contributed by atoms with Crippen molar-refractivity contribution in [2.75, 3.05) is 24.7 Å². The van der Waals surface area contributed by atoms with Gasteiger partial charge in [-0.25, -0.2) is 13.4 Å². The highest BCUT2D eigenvalue weighted by molar-refractivity contribution is 7.92. The molecular weight excluding hydrogens is 306 g/mol. The number of anilines is 1. The average Bonchev–Trinajstić information content (AvgIpc) is 2.52. The number of methoxy groups -OCH3 is 1. The fourth-order valence-electron chi connectivity index (χ4n) is 1.66. The fraction of sp³-hybridized carbons (Fsp3) is 0.286. The number of nitrogens with zero attached hydrogens (tertiary/aromatic N) is 3. The molecule has 0 N–H and O–H groups in total. The van der Waals surface area contributed by atoms with E-state index in [-0.39, 0.29) is 6.61 Å². The van der Waals surface area contributed by atoms with Crippen molar-refractivity contribution >= 4 is 15.7 Å². The van der Waals surface area contributed by atoms with E-state index in [1.807, 2.05) is 0 Å².